The summed E-state index contributed by atoms with van der Waals surface area (Å²) >= 11 is 0. The lowest BCUT2D eigenvalue weighted by molar-refractivity contribution is -0.142. The number of aliphatic carboxylic acids is 1. The number of benzene rings is 1. The third-order valence-electron chi connectivity index (χ3n) is 6.56. The molecule has 0 amide bonds. The van der Waals surface area contributed by atoms with Crippen molar-refractivity contribution in [3.05, 3.63) is 53.4 Å². The van der Waals surface area contributed by atoms with Crippen molar-refractivity contribution in [3.8, 4) is 5.69 Å². The Bertz CT molecular complexity index is 1310. The molecular formula is C24H24F2N4O2. The van der Waals surface area contributed by atoms with E-state index in [0.29, 0.717) is 24.2 Å². The fourth-order valence-corrected chi connectivity index (χ4v) is 5.16. The highest BCUT2D eigenvalue weighted by molar-refractivity contribution is 5.93. The van der Waals surface area contributed by atoms with Gasteiger partial charge in [0.2, 0.25) is 0 Å². The van der Waals surface area contributed by atoms with Crippen molar-refractivity contribution >= 4 is 28.0 Å². The molecule has 0 bridgehead atoms. The van der Waals surface area contributed by atoms with Gasteiger partial charge in [0.1, 0.15) is 11.6 Å². The van der Waals surface area contributed by atoms with Crippen molar-refractivity contribution in [2.45, 2.75) is 51.4 Å². The lowest BCUT2D eigenvalue weighted by Gasteiger charge is -2.27. The Morgan fingerprint density at radius 1 is 1.12 bits per heavy atom. The second kappa shape index (κ2) is 7.69. The molecule has 0 saturated heterocycles. The number of hydrogen-bond donors (Lipinski definition) is 2. The first-order valence-corrected chi connectivity index (χ1v) is 10.9. The summed E-state index contributed by atoms with van der Waals surface area (Å²) in [6, 6.07) is 5.48. The maximum Gasteiger partial charge on any atom is 0.306 e. The molecule has 0 unspecified atom stereocenters. The number of hydrogen-bond acceptors (Lipinski definition) is 3. The fraction of sp³-hybridized carbons (Fsp3) is 0.375. The van der Waals surface area contributed by atoms with Crippen LogP contribution in [0.2, 0.25) is 0 Å². The third-order valence-corrected chi connectivity index (χ3v) is 6.56. The first-order chi connectivity index (χ1) is 15.3. The smallest absolute Gasteiger partial charge is 0.306 e. The van der Waals surface area contributed by atoms with E-state index in [-0.39, 0.29) is 17.8 Å². The lowest BCUT2D eigenvalue weighted by atomic mass is 9.77. The largest absolute Gasteiger partial charge is 0.481 e. The monoisotopic (exact) mass is 438 g/mol. The Kier molecular flexibility index (Phi) is 4.95. The second-order valence-corrected chi connectivity index (χ2v) is 8.97. The number of carboxylic acids is 1. The van der Waals surface area contributed by atoms with E-state index in [9.17, 15) is 18.7 Å². The summed E-state index contributed by atoms with van der Waals surface area (Å²) in [5, 5.41) is 17.2. The van der Waals surface area contributed by atoms with Crippen LogP contribution in [0.1, 0.15) is 62.6 Å². The summed E-state index contributed by atoms with van der Waals surface area (Å²) in [7, 11) is 0. The number of aromatic nitrogens is 4. The Labute approximate surface area is 183 Å². The summed E-state index contributed by atoms with van der Waals surface area (Å²) in [4.78, 5) is 16.3. The van der Waals surface area contributed by atoms with Crippen LogP contribution in [-0.4, -0.2) is 30.8 Å². The van der Waals surface area contributed by atoms with E-state index in [1.54, 1.807) is 6.20 Å². The second-order valence-electron chi connectivity index (χ2n) is 8.97. The first-order valence-electron chi connectivity index (χ1n) is 10.9. The number of nitrogens with zero attached hydrogens (tertiary/aromatic N) is 3. The van der Waals surface area contributed by atoms with Crippen LogP contribution in [0.25, 0.3) is 27.8 Å². The number of aromatic amines is 1. The van der Waals surface area contributed by atoms with E-state index in [1.165, 1.54) is 12.1 Å². The molecule has 1 fully saturated rings. The van der Waals surface area contributed by atoms with Crippen LogP contribution in [0, 0.1) is 17.6 Å². The van der Waals surface area contributed by atoms with Gasteiger partial charge in [-0.1, -0.05) is 13.8 Å². The van der Waals surface area contributed by atoms with Crippen molar-refractivity contribution < 1.29 is 18.7 Å². The first kappa shape index (κ1) is 20.6. The summed E-state index contributed by atoms with van der Waals surface area (Å²) < 4.78 is 30.3. The van der Waals surface area contributed by atoms with Gasteiger partial charge in [-0.3, -0.25) is 9.89 Å². The van der Waals surface area contributed by atoms with Gasteiger partial charge < -0.3 is 9.67 Å². The van der Waals surface area contributed by atoms with Gasteiger partial charge in [-0.05, 0) is 55.7 Å². The molecule has 0 spiro atoms. The van der Waals surface area contributed by atoms with Crippen LogP contribution in [0.15, 0.2) is 30.5 Å². The lowest BCUT2D eigenvalue weighted by Crippen LogP contribution is -2.21. The van der Waals surface area contributed by atoms with Gasteiger partial charge in [-0.25, -0.2) is 13.8 Å². The van der Waals surface area contributed by atoms with Crippen molar-refractivity contribution in [2.75, 3.05) is 0 Å². The normalized spacial score (nSPS) is 19.3. The Morgan fingerprint density at radius 2 is 1.81 bits per heavy atom. The van der Waals surface area contributed by atoms with Gasteiger partial charge in [0.25, 0.3) is 0 Å². The highest BCUT2D eigenvalue weighted by atomic mass is 19.1. The predicted molar refractivity (Wildman–Crippen MR) is 117 cm³/mol. The molecule has 1 aliphatic rings. The molecule has 5 rings (SSSR count). The highest BCUT2D eigenvalue weighted by Gasteiger charge is 2.33. The maximum absolute atomic E-state index is 14.2. The molecule has 4 aromatic rings. The number of halogens is 2. The molecule has 3 heterocycles. The van der Waals surface area contributed by atoms with E-state index in [1.807, 2.05) is 10.6 Å². The number of H-pyrrole nitrogens is 1. The number of carboxylic acid groups (broad SMARTS) is 1. The zero-order valence-corrected chi connectivity index (χ0v) is 17.9. The molecular weight excluding hydrogens is 414 g/mol. The number of rotatable bonds is 4. The van der Waals surface area contributed by atoms with Crippen molar-refractivity contribution in [2.24, 2.45) is 5.92 Å². The molecule has 8 heteroatoms. The molecule has 0 atom stereocenters. The molecule has 0 radical (unpaired) electrons. The molecule has 2 N–H and O–H groups in total. The van der Waals surface area contributed by atoms with Crippen LogP contribution in [-0.2, 0) is 4.79 Å². The Hall–Kier alpha value is -3.29. The minimum atomic E-state index is -0.748. The van der Waals surface area contributed by atoms with E-state index in [4.69, 9.17) is 4.98 Å². The van der Waals surface area contributed by atoms with E-state index < -0.39 is 17.6 Å². The van der Waals surface area contributed by atoms with Crippen LogP contribution in [0.5, 0.6) is 0 Å². The third kappa shape index (κ3) is 3.34. The van der Waals surface area contributed by atoms with Gasteiger partial charge in [-0.2, -0.15) is 5.10 Å². The molecule has 0 aliphatic heterocycles. The summed E-state index contributed by atoms with van der Waals surface area (Å²) in [6.07, 6.45) is 4.35. The quantitative estimate of drug-likeness (QED) is 0.431. The molecule has 1 aromatic carbocycles. The van der Waals surface area contributed by atoms with E-state index in [0.717, 1.165) is 46.6 Å². The van der Waals surface area contributed by atoms with E-state index >= 15 is 0 Å². The van der Waals surface area contributed by atoms with Gasteiger partial charge >= 0.3 is 5.97 Å². The summed E-state index contributed by atoms with van der Waals surface area (Å²) in [5.41, 5.74) is 4.59. The highest BCUT2D eigenvalue weighted by Crippen LogP contribution is 2.44. The van der Waals surface area contributed by atoms with Crippen LogP contribution < -0.4 is 0 Å². The van der Waals surface area contributed by atoms with Crippen LogP contribution in [0.3, 0.4) is 0 Å². The van der Waals surface area contributed by atoms with Gasteiger partial charge in [0.15, 0.2) is 5.65 Å². The Morgan fingerprint density at radius 3 is 2.44 bits per heavy atom. The standard InChI is InChI=1S/C24H24F2N4O2/c1-12(2)22-20(13-3-5-14(6-4-13)24(31)32)21-19(7-15-11-27-29-23(15)28-21)30(22)18-9-16(25)8-17(26)10-18/h7-14H,3-6H2,1-2H3,(H,31,32)(H,27,28,29). The number of nitrogens with one attached hydrogen (secondary N) is 1. The van der Waals surface area contributed by atoms with Crippen molar-refractivity contribution in [3.63, 3.8) is 0 Å². The van der Waals surface area contributed by atoms with Gasteiger partial charge in [0, 0.05) is 22.7 Å². The number of pyridine rings is 1. The van der Waals surface area contributed by atoms with Gasteiger partial charge in [-0.15, -0.1) is 0 Å². The molecule has 32 heavy (non-hydrogen) atoms. The molecule has 1 saturated carbocycles. The minimum Gasteiger partial charge on any atom is -0.481 e. The Balaban J connectivity index is 1.79. The number of carbonyl (C=O) groups is 1. The summed E-state index contributed by atoms with van der Waals surface area (Å²) in [6.45, 7) is 4.11. The zero-order valence-electron chi connectivity index (χ0n) is 17.9. The number of fused-ring (bicyclic) bond motifs is 2. The summed E-state index contributed by atoms with van der Waals surface area (Å²) in [5.74, 6) is -2.18. The van der Waals surface area contributed by atoms with Crippen LogP contribution in [0.4, 0.5) is 8.78 Å². The van der Waals surface area contributed by atoms with Gasteiger partial charge in [0.05, 0.1) is 28.8 Å². The average Bonchev–Trinajstić information content (AvgIpc) is 3.33. The molecule has 3 aromatic heterocycles. The van der Waals surface area contributed by atoms with Crippen molar-refractivity contribution in [1.82, 2.24) is 19.7 Å². The zero-order chi connectivity index (χ0) is 22.6. The maximum atomic E-state index is 14.2. The minimum absolute atomic E-state index is 0.0548. The molecule has 1 aliphatic carbocycles. The SMILES string of the molecule is CC(C)c1c(C2CCC(C(=O)O)CC2)c2nc3[nH]ncc3cc2n1-c1cc(F)cc(F)c1. The van der Waals surface area contributed by atoms with E-state index in [2.05, 4.69) is 24.0 Å². The molecule has 166 valence electrons. The fourth-order valence-electron chi connectivity index (χ4n) is 5.16. The topological polar surface area (TPSA) is 83.8 Å². The van der Waals surface area contributed by atoms with Crippen LogP contribution >= 0.6 is 0 Å². The predicted octanol–water partition coefficient (Wildman–Crippen LogP) is 5.66. The average molecular weight is 438 g/mol. The molecule has 6 nitrogen and oxygen atoms in total. The van der Waals surface area contributed by atoms with Crippen molar-refractivity contribution in [1.29, 1.82) is 0 Å².